The van der Waals surface area contributed by atoms with E-state index < -0.39 is 0 Å². The summed E-state index contributed by atoms with van der Waals surface area (Å²) >= 11 is 1.79. The molecule has 14 heavy (non-hydrogen) atoms. The topological polar surface area (TPSA) is 12.0 Å². The van der Waals surface area contributed by atoms with Crippen LogP contribution in [0.15, 0.2) is 16.8 Å². The summed E-state index contributed by atoms with van der Waals surface area (Å²) in [5, 5.41) is 8.09. The average molecular weight is 209 g/mol. The first-order valence-electron chi connectivity index (χ1n) is 5.64. The summed E-state index contributed by atoms with van der Waals surface area (Å²) in [5.41, 5.74) is 1.44. The highest BCUT2D eigenvalue weighted by Gasteiger charge is 2.29. The molecule has 0 aliphatic heterocycles. The zero-order valence-electron chi connectivity index (χ0n) is 8.83. The van der Waals surface area contributed by atoms with E-state index in [0.29, 0.717) is 0 Å². The highest BCUT2D eigenvalue weighted by Crippen LogP contribution is 2.34. The second kappa shape index (κ2) is 4.94. The number of nitrogens with one attached hydrogen (secondary N) is 1. The van der Waals surface area contributed by atoms with Gasteiger partial charge < -0.3 is 5.32 Å². The van der Waals surface area contributed by atoms with Gasteiger partial charge in [-0.3, -0.25) is 0 Å². The molecule has 0 bridgehead atoms. The van der Waals surface area contributed by atoms with Gasteiger partial charge in [0.15, 0.2) is 0 Å². The minimum Gasteiger partial charge on any atom is -0.310 e. The number of thiophene rings is 1. The van der Waals surface area contributed by atoms with E-state index in [2.05, 4.69) is 29.1 Å². The zero-order valence-corrected chi connectivity index (χ0v) is 9.65. The lowest BCUT2D eigenvalue weighted by atomic mass is 10.1. The maximum atomic E-state index is 3.69. The molecule has 1 nitrogen and oxygen atoms in total. The van der Waals surface area contributed by atoms with Gasteiger partial charge in [0, 0.05) is 12.6 Å². The van der Waals surface area contributed by atoms with Crippen LogP contribution in [0.25, 0.3) is 0 Å². The van der Waals surface area contributed by atoms with Crippen LogP contribution >= 0.6 is 11.3 Å². The molecule has 78 valence electrons. The van der Waals surface area contributed by atoms with Gasteiger partial charge in [0.2, 0.25) is 0 Å². The molecule has 1 aliphatic rings. The first kappa shape index (κ1) is 10.2. The number of rotatable bonds is 6. The van der Waals surface area contributed by atoms with Crippen molar-refractivity contribution in [1.82, 2.24) is 5.32 Å². The molecule has 1 unspecified atom stereocenters. The fourth-order valence-electron chi connectivity index (χ4n) is 1.96. The van der Waals surface area contributed by atoms with Crippen molar-refractivity contribution in [1.29, 1.82) is 0 Å². The van der Waals surface area contributed by atoms with Crippen molar-refractivity contribution in [2.75, 3.05) is 0 Å². The average Bonchev–Trinajstić information content (AvgIpc) is 2.90. The summed E-state index contributed by atoms with van der Waals surface area (Å²) in [7, 11) is 0. The van der Waals surface area contributed by atoms with E-state index in [9.17, 15) is 0 Å². The molecule has 0 saturated heterocycles. The minimum absolute atomic E-state index is 0.778. The molecule has 2 heteroatoms. The summed E-state index contributed by atoms with van der Waals surface area (Å²) < 4.78 is 0. The van der Waals surface area contributed by atoms with Crippen molar-refractivity contribution < 1.29 is 0 Å². The summed E-state index contributed by atoms with van der Waals surface area (Å²) in [6.07, 6.45) is 5.54. The van der Waals surface area contributed by atoms with Gasteiger partial charge in [0.05, 0.1) is 0 Å². The molecule has 0 radical (unpaired) electrons. The van der Waals surface area contributed by atoms with Gasteiger partial charge in [-0.2, -0.15) is 11.3 Å². The van der Waals surface area contributed by atoms with Gasteiger partial charge in [-0.25, -0.2) is 0 Å². The lowest BCUT2D eigenvalue weighted by Crippen LogP contribution is -2.30. The van der Waals surface area contributed by atoms with Crippen molar-refractivity contribution >= 4 is 11.3 Å². The smallest absolute Gasteiger partial charge is 0.0216 e. The van der Waals surface area contributed by atoms with E-state index >= 15 is 0 Å². The molecule has 0 amide bonds. The van der Waals surface area contributed by atoms with Crippen LogP contribution in [0, 0.1) is 5.92 Å². The summed E-state index contributed by atoms with van der Waals surface area (Å²) in [6.45, 7) is 3.34. The Morgan fingerprint density at radius 1 is 1.57 bits per heavy atom. The lowest BCUT2D eigenvalue weighted by Gasteiger charge is -2.16. The van der Waals surface area contributed by atoms with E-state index in [1.165, 1.54) is 31.2 Å². The van der Waals surface area contributed by atoms with E-state index in [-0.39, 0.29) is 0 Å². The molecule has 1 N–H and O–H groups in total. The van der Waals surface area contributed by atoms with Crippen LogP contribution in [-0.2, 0) is 6.54 Å². The molecule has 0 aromatic carbocycles. The summed E-state index contributed by atoms with van der Waals surface area (Å²) in [4.78, 5) is 0. The molecular formula is C12H19NS. The largest absolute Gasteiger partial charge is 0.310 e. The van der Waals surface area contributed by atoms with E-state index in [0.717, 1.165) is 18.5 Å². The Bertz CT molecular complexity index is 251. The van der Waals surface area contributed by atoms with Gasteiger partial charge in [-0.1, -0.05) is 13.3 Å². The SMILES string of the molecule is CCCC(NCc1ccsc1)C1CC1. The third kappa shape index (κ3) is 2.82. The Hall–Kier alpha value is -0.340. The Balaban J connectivity index is 1.76. The number of hydrogen-bond acceptors (Lipinski definition) is 2. The standard InChI is InChI=1S/C12H19NS/c1-2-3-12(11-4-5-11)13-8-10-6-7-14-9-10/h6-7,9,11-13H,2-5,8H2,1H3. The molecule has 0 spiro atoms. The van der Waals surface area contributed by atoms with Crippen molar-refractivity contribution in [3.8, 4) is 0 Å². The molecule has 1 heterocycles. The van der Waals surface area contributed by atoms with Crippen molar-refractivity contribution in [3.63, 3.8) is 0 Å². The summed E-state index contributed by atoms with van der Waals surface area (Å²) in [6, 6.07) is 2.99. The van der Waals surface area contributed by atoms with Crippen LogP contribution in [0.5, 0.6) is 0 Å². The van der Waals surface area contributed by atoms with Crippen LogP contribution in [0.4, 0.5) is 0 Å². The first-order valence-corrected chi connectivity index (χ1v) is 6.59. The molecule has 2 rings (SSSR count). The number of hydrogen-bond donors (Lipinski definition) is 1. The second-order valence-electron chi connectivity index (χ2n) is 4.25. The fraction of sp³-hybridized carbons (Fsp3) is 0.667. The van der Waals surface area contributed by atoms with Crippen LogP contribution in [0.3, 0.4) is 0 Å². The minimum atomic E-state index is 0.778. The second-order valence-corrected chi connectivity index (χ2v) is 5.03. The summed E-state index contributed by atoms with van der Waals surface area (Å²) in [5.74, 6) is 0.980. The monoisotopic (exact) mass is 209 g/mol. The van der Waals surface area contributed by atoms with Crippen molar-refractivity contribution in [2.24, 2.45) is 5.92 Å². The zero-order chi connectivity index (χ0) is 9.80. The predicted octanol–water partition coefficient (Wildman–Crippen LogP) is 3.42. The van der Waals surface area contributed by atoms with Gasteiger partial charge in [0.25, 0.3) is 0 Å². The third-order valence-corrected chi connectivity index (χ3v) is 3.67. The van der Waals surface area contributed by atoms with Crippen molar-refractivity contribution in [3.05, 3.63) is 22.4 Å². The normalized spacial score (nSPS) is 18.4. The van der Waals surface area contributed by atoms with Crippen LogP contribution in [0.2, 0.25) is 0 Å². The Morgan fingerprint density at radius 3 is 3.00 bits per heavy atom. The highest BCUT2D eigenvalue weighted by molar-refractivity contribution is 7.07. The molecule has 1 aliphatic carbocycles. The predicted molar refractivity (Wildman–Crippen MR) is 62.6 cm³/mol. The van der Waals surface area contributed by atoms with E-state index in [4.69, 9.17) is 0 Å². The van der Waals surface area contributed by atoms with Crippen LogP contribution < -0.4 is 5.32 Å². The van der Waals surface area contributed by atoms with Crippen molar-refractivity contribution in [2.45, 2.75) is 45.2 Å². The molecule has 1 fully saturated rings. The highest BCUT2D eigenvalue weighted by atomic mass is 32.1. The third-order valence-electron chi connectivity index (χ3n) is 2.94. The van der Waals surface area contributed by atoms with Gasteiger partial charge in [0.1, 0.15) is 0 Å². The van der Waals surface area contributed by atoms with Crippen LogP contribution in [0.1, 0.15) is 38.2 Å². The quantitative estimate of drug-likeness (QED) is 0.757. The Labute approximate surface area is 90.5 Å². The first-order chi connectivity index (χ1) is 6.90. The van der Waals surface area contributed by atoms with Gasteiger partial charge >= 0.3 is 0 Å². The molecule has 1 aromatic rings. The fourth-order valence-corrected chi connectivity index (χ4v) is 2.62. The molecule has 1 saturated carbocycles. The van der Waals surface area contributed by atoms with E-state index in [1.54, 1.807) is 11.3 Å². The molecule has 1 atom stereocenters. The van der Waals surface area contributed by atoms with Gasteiger partial charge in [-0.15, -0.1) is 0 Å². The van der Waals surface area contributed by atoms with Crippen LogP contribution in [-0.4, -0.2) is 6.04 Å². The molecule has 1 aromatic heterocycles. The Kier molecular flexibility index (Phi) is 3.60. The maximum Gasteiger partial charge on any atom is 0.0216 e. The van der Waals surface area contributed by atoms with E-state index in [1.807, 2.05) is 0 Å². The maximum absolute atomic E-state index is 3.69. The van der Waals surface area contributed by atoms with Gasteiger partial charge in [-0.05, 0) is 47.6 Å². The molecular weight excluding hydrogens is 190 g/mol. The lowest BCUT2D eigenvalue weighted by molar-refractivity contribution is 0.430. The Morgan fingerprint density at radius 2 is 2.43 bits per heavy atom.